The molecule has 0 radical (unpaired) electrons. The third kappa shape index (κ3) is 8.71. The van der Waals surface area contributed by atoms with Gasteiger partial charge in [0, 0.05) is 26.1 Å². The van der Waals surface area contributed by atoms with Gasteiger partial charge in [-0.15, -0.1) is 0 Å². The van der Waals surface area contributed by atoms with Crippen LogP contribution in [0.4, 0.5) is 5.69 Å². The lowest BCUT2D eigenvalue weighted by molar-refractivity contribution is -0.140. The van der Waals surface area contributed by atoms with E-state index in [1.165, 1.54) is 17.5 Å². The average molecular weight is 538 g/mol. The number of ether oxygens (including phenoxy) is 1. The SMILES string of the molecule is COc1ccc(N(CCCC(=O)N(Cc2ccccc2)[C@@H](C)C(=O)NCC(C)C)S(C)(=O)=O)cc1Cl. The Balaban J connectivity index is 2.15. The van der Waals surface area contributed by atoms with Gasteiger partial charge >= 0.3 is 0 Å². The van der Waals surface area contributed by atoms with Crippen molar-refractivity contribution in [1.29, 1.82) is 0 Å². The molecule has 2 aromatic rings. The van der Waals surface area contributed by atoms with Crippen molar-refractivity contribution < 1.29 is 22.7 Å². The van der Waals surface area contributed by atoms with E-state index in [1.54, 1.807) is 24.0 Å². The fraction of sp³-hybridized carbons (Fsp3) is 0.462. The molecule has 0 aliphatic heterocycles. The molecule has 198 valence electrons. The van der Waals surface area contributed by atoms with Crippen molar-refractivity contribution >= 4 is 39.1 Å². The van der Waals surface area contributed by atoms with Gasteiger partial charge in [0.15, 0.2) is 0 Å². The van der Waals surface area contributed by atoms with Crippen LogP contribution in [-0.2, 0) is 26.2 Å². The van der Waals surface area contributed by atoms with Crippen molar-refractivity contribution in [3.05, 3.63) is 59.1 Å². The number of amides is 2. The highest BCUT2D eigenvalue weighted by atomic mass is 35.5. The van der Waals surface area contributed by atoms with E-state index in [0.29, 0.717) is 18.0 Å². The Labute approximate surface area is 219 Å². The molecule has 0 bridgehead atoms. The molecule has 0 aliphatic rings. The van der Waals surface area contributed by atoms with Crippen molar-refractivity contribution in [2.24, 2.45) is 5.92 Å². The quantitative estimate of drug-likeness (QED) is 0.415. The van der Waals surface area contributed by atoms with Crippen molar-refractivity contribution in [2.75, 3.05) is 30.8 Å². The third-order valence-electron chi connectivity index (χ3n) is 5.62. The van der Waals surface area contributed by atoms with Crippen molar-refractivity contribution in [3.63, 3.8) is 0 Å². The van der Waals surface area contributed by atoms with Crippen molar-refractivity contribution in [2.45, 2.75) is 46.2 Å². The van der Waals surface area contributed by atoms with Crippen LogP contribution in [0.5, 0.6) is 5.75 Å². The summed E-state index contributed by atoms with van der Waals surface area (Å²) in [6.07, 6.45) is 1.45. The van der Waals surface area contributed by atoms with E-state index >= 15 is 0 Å². The first kappa shape index (κ1) is 29.5. The molecule has 0 saturated heterocycles. The largest absolute Gasteiger partial charge is 0.495 e. The van der Waals surface area contributed by atoms with Crippen LogP contribution >= 0.6 is 11.6 Å². The fourth-order valence-corrected chi connectivity index (χ4v) is 4.84. The van der Waals surface area contributed by atoms with Gasteiger partial charge < -0.3 is 15.0 Å². The van der Waals surface area contributed by atoms with E-state index in [-0.39, 0.29) is 48.7 Å². The monoisotopic (exact) mass is 537 g/mol. The highest BCUT2D eigenvalue weighted by Gasteiger charge is 2.26. The van der Waals surface area contributed by atoms with E-state index in [4.69, 9.17) is 16.3 Å². The summed E-state index contributed by atoms with van der Waals surface area (Å²) >= 11 is 6.19. The van der Waals surface area contributed by atoms with E-state index in [2.05, 4.69) is 5.32 Å². The summed E-state index contributed by atoms with van der Waals surface area (Å²) in [6.45, 7) is 6.59. The molecule has 0 aromatic heterocycles. The first-order valence-electron chi connectivity index (χ1n) is 11.9. The zero-order chi connectivity index (χ0) is 26.9. The zero-order valence-electron chi connectivity index (χ0n) is 21.5. The standard InChI is InChI=1S/C26H36ClN3O5S/c1-19(2)17-28-26(32)20(3)29(18-21-10-7-6-8-11-21)25(31)12-9-15-30(36(5,33)34)22-13-14-24(35-4)23(27)16-22/h6-8,10-11,13-14,16,19-20H,9,12,15,17-18H2,1-5H3,(H,28,32)/t20-/m0/s1. The molecular formula is C26H36ClN3O5S. The van der Waals surface area contributed by atoms with Gasteiger partial charge in [0.25, 0.3) is 0 Å². The number of carbonyl (C=O) groups is 2. The van der Waals surface area contributed by atoms with Crippen molar-refractivity contribution in [1.82, 2.24) is 10.2 Å². The molecule has 0 saturated carbocycles. The van der Waals surface area contributed by atoms with Gasteiger partial charge in [0.1, 0.15) is 11.8 Å². The molecule has 2 aromatic carbocycles. The number of hydrogen-bond donors (Lipinski definition) is 1. The van der Waals surface area contributed by atoms with Gasteiger partial charge in [-0.25, -0.2) is 8.42 Å². The fourth-order valence-electron chi connectivity index (χ4n) is 3.63. The van der Waals surface area contributed by atoms with Crippen LogP contribution in [0, 0.1) is 5.92 Å². The van der Waals surface area contributed by atoms with Crippen LogP contribution in [0.15, 0.2) is 48.5 Å². The van der Waals surface area contributed by atoms with E-state index < -0.39 is 16.1 Å². The Morgan fingerprint density at radius 3 is 2.31 bits per heavy atom. The number of hydrogen-bond acceptors (Lipinski definition) is 5. The molecule has 0 unspecified atom stereocenters. The number of rotatable bonds is 13. The van der Waals surface area contributed by atoms with Crippen LogP contribution < -0.4 is 14.4 Å². The topological polar surface area (TPSA) is 96.0 Å². The highest BCUT2D eigenvalue weighted by Crippen LogP contribution is 2.30. The van der Waals surface area contributed by atoms with Gasteiger partial charge in [0.05, 0.1) is 24.1 Å². The number of carbonyl (C=O) groups excluding carboxylic acids is 2. The van der Waals surface area contributed by atoms with Gasteiger partial charge in [0.2, 0.25) is 21.8 Å². The molecular weight excluding hydrogens is 502 g/mol. The number of sulfonamides is 1. The minimum Gasteiger partial charge on any atom is -0.495 e. The summed E-state index contributed by atoms with van der Waals surface area (Å²) in [7, 11) is -2.14. The summed E-state index contributed by atoms with van der Waals surface area (Å²) in [5.41, 5.74) is 1.29. The average Bonchev–Trinajstić information content (AvgIpc) is 2.82. The molecule has 2 amide bonds. The predicted octanol–water partition coefficient (Wildman–Crippen LogP) is 4.08. The number of methoxy groups -OCH3 is 1. The highest BCUT2D eigenvalue weighted by molar-refractivity contribution is 7.92. The summed E-state index contributed by atoms with van der Waals surface area (Å²) in [4.78, 5) is 27.6. The maximum atomic E-state index is 13.3. The normalized spacial score (nSPS) is 12.2. The second-order valence-corrected chi connectivity index (χ2v) is 11.4. The molecule has 8 nitrogen and oxygen atoms in total. The first-order valence-corrected chi connectivity index (χ1v) is 14.1. The Kier molecular flexibility index (Phi) is 11.0. The van der Waals surface area contributed by atoms with Gasteiger partial charge in [-0.3, -0.25) is 13.9 Å². The molecule has 1 atom stereocenters. The van der Waals surface area contributed by atoms with Gasteiger partial charge in [-0.05, 0) is 43.0 Å². The molecule has 0 spiro atoms. The van der Waals surface area contributed by atoms with Crippen LogP contribution in [0.1, 0.15) is 39.2 Å². The van der Waals surface area contributed by atoms with Crippen molar-refractivity contribution in [3.8, 4) is 5.75 Å². The molecule has 0 fully saturated rings. The Bertz CT molecular complexity index is 1130. The van der Waals surface area contributed by atoms with Gasteiger partial charge in [-0.1, -0.05) is 55.8 Å². The molecule has 2 rings (SSSR count). The lowest BCUT2D eigenvalue weighted by atomic mass is 10.1. The Morgan fingerprint density at radius 1 is 1.08 bits per heavy atom. The number of halogens is 1. The maximum absolute atomic E-state index is 13.3. The van der Waals surface area contributed by atoms with E-state index in [9.17, 15) is 18.0 Å². The van der Waals surface area contributed by atoms with Crippen LogP contribution in [-0.4, -0.2) is 57.6 Å². The number of nitrogens with one attached hydrogen (secondary N) is 1. The number of nitrogens with zero attached hydrogens (tertiary/aromatic N) is 2. The zero-order valence-corrected chi connectivity index (χ0v) is 23.1. The number of anilines is 1. The van der Waals surface area contributed by atoms with Crippen LogP contribution in [0.2, 0.25) is 5.02 Å². The lowest BCUT2D eigenvalue weighted by Crippen LogP contribution is -2.48. The summed E-state index contributed by atoms with van der Waals surface area (Å²) in [5.74, 6) is 0.268. The maximum Gasteiger partial charge on any atom is 0.242 e. The molecule has 10 heteroatoms. The third-order valence-corrected chi connectivity index (χ3v) is 7.11. The first-order chi connectivity index (χ1) is 16.9. The molecule has 0 heterocycles. The predicted molar refractivity (Wildman–Crippen MR) is 144 cm³/mol. The summed E-state index contributed by atoms with van der Waals surface area (Å²) < 4.78 is 31.3. The molecule has 36 heavy (non-hydrogen) atoms. The minimum atomic E-state index is -3.62. The van der Waals surface area contributed by atoms with E-state index in [1.807, 2.05) is 44.2 Å². The van der Waals surface area contributed by atoms with Crippen LogP contribution in [0.25, 0.3) is 0 Å². The molecule has 1 N–H and O–H groups in total. The Morgan fingerprint density at radius 2 is 1.75 bits per heavy atom. The summed E-state index contributed by atoms with van der Waals surface area (Å²) in [6, 6.07) is 13.5. The van der Waals surface area contributed by atoms with Gasteiger partial charge in [-0.2, -0.15) is 0 Å². The minimum absolute atomic E-state index is 0.0739. The van der Waals surface area contributed by atoms with E-state index in [0.717, 1.165) is 11.8 Å². The Hall–Kier alpha value is -2.78. The smallest absolute Gasteiger partial charge is 0.242 e. The second-order valence-electron chi connectivity index (χ2n) is 9.08. The number of benzene rings is 2. The summed E-state index contributed by atoms with van der Waals surface area (Å²) in [5, 5.41) is 3.18. The lowest BCUT2D eigenvalue weighted by Gasteiger charge is -2.29. The molecule has 0 aliphatic carbocycles. The van der Waals surface area contributed by atoms with Crippen LogP contribution in [0.3, 0.4) is 0 Å². The second kappa shape index (κ2) is 13.5.